The molecule has 13 heavy (non-hydrogen) atoms. The van der Waals surface area contributed by atoms with Gasteiger partial charge in [-0.25, -0.2) is 5.84 Å². The van der Waals surface area contributed by atoms with Crippen LogP contribution >= 0.6 is 0 Å². The van der Waals surface area contributed by atoms with E-state index >= 15 is 0 Å². The lowest BCUT2D eigenvalue weighted by Crippen LogP contribution is -2.36. The van der Waals surface area contributed by atoms with Gasteiger partial charge in [-0.15, -0.1) is 0 Å². The van der Waals surface area contributed by atoms with Crippen molar-refractivity contribution in [1.29, 1.82) is 0 Å². The molecule has 0 spiro atoms. The Hall–Kier alpha value is -1.10. The molecule has 0 aromatic rings. The number of hydrazine groups is 1. The molecule has 0 unspecified atom stereocenters. The Morgan fingerprint density at radius 3 is 2.62 bits per heavy atom. The monoisotopic (exact) mass is 185 g/mol. The van der Waals surface area contributed by atoms with Crippen LogP contribution in [0.15, 0.2) is 0 Å². The molecule has 1 fully saturated rings. The van der Waals surface area contributed by atoms with Gasteiger partial charge in [-0.05, 0) is 19.3 Å². The van der Waals surface area contributed by atoms with Gasteiger partial charge in [-0.2, -0.15) is 0 Å². The minimum absolute atomic E-state index is 0.0400. The van der Waals surface area contributed by atoms with Crippen molar-refractivity contribution in [3.8, 4) is 0 Å². The molecular weight excluding hydrogens is 170 g/mol. The fourth-order valence-corrected chi connectivity index (χ4v) is 1.76. The summed E-state index contributed by atoms with van der Waals surface area (Å²) in [5.41, 5.74) is 2.13. The van der Waals surface area contributed by atoms with Crippen LogP contribution in [0, 0.1) is 5.92 Å². The lowest BCUT2D eigenvalue weighted by atomic mass is 10.1. The first-order chi connectivity index (χ1) is 6.13. The Bertz CT molecular complexity index is 217. The highest BCUT2D eigenvalue weighted by Gasteiger charge is 2.29. The average molecular weight is 185 g/mol. The van der Waals surface area contributed by atoms with Crippen LogP contribution in [0.3, 0.4) is 0 Å². The largest absolute Gasteiger partial charge is 0.354 e. The topological polar surface area (TPSA) is 84.2 Å². The summed E-state index contributed by atoms with van der Waals surface area (Å²) in [6.07, 6.45) is 2.36. The highest BCUT2D eigenvalue weighted by molar-refractivity contribution is 5.78. The van der Waals surface area contributed by atoms with Crippen LogP contribution < -0.4 is 16.6 Å². The number of amides is 2. The van der Waals surface area contributed by atoms with Gasteiger partial charge in [-0.1, -0.05) is 0 Å². The van der Waals surface area contributed by atoms with E-state index in [1.54, 1.807) is 0 Å². The maximum Gasteiger partial charge on any atom is 0.237 e. The zero-order valence-corrected chi connectivity index (χ0v) is 7.67. The Morgan fingerprint density at radius 1 is 1.38 bits per heavy atom. The molecule has 1 aliphatic carbocycles. The molecule has 4 N–H and O–H groups in total. The van der Waals surface area contributed by atoms with E-state index in [1.807, 2.05) is 0 Å². The summed E-state index contributed by atoms with van der Waals surface area (Å²) in [6.45, 7) is 1.48. The highest BCUT2D eigenvalue weighted by Crippen LogP contribution is 2.25. The molecule has 0 radical (unpaired) electrons. The fourth-order valence-electron chi connectivity index (χ4n) is 1.76. The average Bonchev–Trinajstić information content (AvgIpc) is 2.50. The summed E-state index contributed by atoms with van der Waals surface area (Å²) in [6, 6.07) is 0.139. The number of carbonyl (C=O) groups is 2. The minimum Gasteiger partial charge on any atom is -0.354 e. The predicted octanol–water partition coefficient (Wildman–Crippen LogP) is -0.719. The van der Waals surface area contributed by atoms with Crippen molar-refractivity contribution in [3.05, 3.63) is 0 Å². The quantitative estimate of drug-likeness (QED) is 0.301. The van der Waals surface area contributed by atoms with Gasteiger partial charge < -0.3 is 5.32 Å². The standard InChI is InChI=1S/C8H15N3O2/c1-5(12)10-7-3-2-6(4-7)8(13)11-9/h6-7H,2-4,9H2,1H3,(H,10,12)(H,11,13)/t6-,7+/m0/s1. The third-order valence-corrected chi connectivity index (χ3v) is 2.35. The number of nitrogens with two attached hydrogens (primary N) is 1. The molecule has 0 aromatic heterocycles. The number of hydrogen-bond acceptors (Lipinski definition) is 3. The van der Waals surface area contributed by atoms with Gasteiger partial charge in [-0.3, -0.25) is 15.0 Å². The van der Waals surface area contributed by atoms with E-state index in [2.05, 4.69) is 10.7 Å². The lowest BCUT2D eigenvalue weighted by molar-refractivity contribution is -0.125. The smallest absolute Gasteiger partial charge is 0.237 e. The molecule has 0 heterocycles. The van der Waals surface area contributed by atoms with E-state index in [1.165, 1.54) is 6.92 Å². The lowest BCUT2D eigenvalue weighted by Gasteiger charge is -2.10. The zero-order valence-electron chi connectivity index (χ0n) is 7.67. The molecular formula is C8H15N3O2. The first kappa shape index (κ1) is 9.98. The van der Waals surface area contributed by atoms with Crippen LogP contribution in [0.2, 0.25) is 0 Å². The van der Waals surface area contributed by atoms with Crippen molar-refractivity contribution in [3.63, 3.8) is 0 Å². The predicted molar refractivity (Wildman–Crippen MR) is 47.3 cm³/mol. The Labute approximate surface area is 77.0 Å². The molecule has 1 aliphatic rings. The molecule has 5 nitrogen and oxygen atoms in total. The van der Waals surface area contributed by atoms with Gasteiger partial charge in [0.2, 0.25) is 11.8 Å². The summed E-state index contributed by atoms with van der Waals surface area (Å²) in [5.74, 6) is 4.80. The SMILES string of the molecule is CC(=O)N[C@@H]1CC[C@H](C(=O)NN)C1. The molecule has 0 bridgehead atoms. The first-order valence-corrected chi connectivity index (χ1v) is 4.41. The van der Waals surface area contributed by atoms with Crippen molar-refractivity contribution < 1.29 is 9.59 Å². The summed E-state index contributed by atoms with van der Waals surface area (Å²) in [4.78, 5) is 21.8. The van der Waals surface area contributed by atoms with E-state index in [-0.39, 0.29) is 23.8 Å². The maximum atomic E-state index is 11.1. The van der Waals surface area contributed by atoms with Gasteiger partial charge in [0.15, 0.2) is 0 Å². The molecule has 0 saturated heterocycles. The number of nitrogens with one attached hydrogen (secondary N) is 2. The van der Waals surface area contributed by atoms with Crippen LogP contribution in [0.1, 0.15) is 26.2 Å². The van der Waals surface area contributed by atoms with Crippen molar-refractivity contribution in [2.24, 2.45) is 11.8 Å². The number of hydrogen-bond donors (Lipinski definition) is 3. The van der Waals surface area contributed by atoms with Gasteiger partial charge in [0, 0.05) is 18.9 Å². The van der Waals surface area contributed by atoms with E-state index in [0.717, 1.165) is 12.8 Å². The third kappa shape index (κ3) is 2.69. The van der Waals surface area contributed by atoms with Gasteiger partial charge in [0.05, 0.1) is 0 Å². The second-order valence-corrected chi connectivity index (χ2v) is 3.42. The molecule has 0 aromatic carbocycles. The second-order valence-electron chi connectivity index (χ2n) is 3.42. The normalized spacial score (nSPS) is 26.9. The Balaban J connectivity index is 2.36. The van der Waals surface area contributed by atoms with Crippen molar-refractivity contribution >= 4 is 11.8 Å². The fraction of sp³-hybridized carbons (Fsp3) is 0.750. The van der Waals surface area contributed by atoms with Crippen molar-refractivity contribution in [1.82, 2.24) is 10.7 Å². The zero-order chi connectivity index (χ0) is 9.84. The molecule has 2 amide bonds. The van der Waals surface area contributed by atoms with Gasteiger partial charge >= 0.3 is 0 Å². The molecule has 1 saturated carbocycles. The van der Waals surface area contributed by atoms with Crippen LogP contribution in [-0.4, -0.2) is 17.9 Å². The molecule has 74 valence electrons. The summed E-state index contributed by atoms with van der Waals surface area (Å²) in [7, 11) is 0. The summed E-state index contributed by atoms with van der Waals surface area (Å²) in [5, 5.41) is 2.79. The summed E-state index contributed by atoms with van der Waals surface area (Å²) < 4.78 is 0. The van der Waals surface area contributed by atoms with Crippen LogP contribution in [0.25, 0.3) is 0 Å². The van der Waals surface area contributed by atoms with E-state index in [9.17, 15) is 9.59 Å². The Morgan fingerprint density at radius 2 is 2.08 bits per heavy atom. The molecule has 2 atom stereocenters. The van der Waals surface area contributed by atoms with Crippen molar-refractivity contribution in [2.75, 3.05) is 0 Å². The summed E-state index contributed by atoms with van der Waals surface area (Å²) >= 11 is 0. The van der Waals surface area contributed by atoms with Gasteiger partial charge in [0.25, 0.3) is 0 Å². The van der Waals surface area contributed by atoms with Crippen LogP contribution in [0.5, 0.6) is 0 Å². The number of rotatable bonds is 2. The molecule has 5 heteroatoms. The minimum atomic E-state index is -0.132. The van der Waals surface area contributed by atoms with E-state index in [0.29, 0.717) is 6.42 Å². The van der Waals surface area contributed by atoms with Gasteiger partial charge in [0.1, 0.15) is 0 Å². The molecule has 0 aliphatic heterocycles. The maximum absolute atomic E-state index is 11.1. The number of carbonyl (C=O) groups excluding carboxylic acids is 2. The highest BCUT2D eigenvalue weighted by atomic mass is 16.2. The van der Waals surface area contributed by atoms with Crippen molar-refractivity contribution in [2.45, 2.75) is 32.2 Å². The van der Waals surface area contributed by atoms with E-state index in [4.69, 9.17) is 5.84 Å². The first-order valence-electron chi connectivity index (χ1n) is 4.41. The van der Waals surface area contributed by atoms with Crippen LogP contribution in [-0.2, 0) is 9.59 Å². The Kier molecular flexibility index (Phi) is 3.25. The third-order valence-electron chi connectivity index (χ3n) is 2.35. The second kappa shape index (κ2) is 4.23. The van der Waals surface area contributed by atoms with Crippen LogP contribution in [0.4, 0.5) is 0 Å². The van der Waals surface area contributed by atoms with E-state index < -0.39 is 0 Å². The molecule has 1 rings (SSSR count).